The van der Waals surface area contributed by atoms with Gasteiger partial charge in [-0.2, -0.15) is 0 Å². The van der Waals surface area contributed by atoms with Gasteiger partial charge in [0.2, 0.25) is 0 Å². The molecule has 0 radical (unpaired) electrons. The van der Waals surface area contributed by atoms with Gasteiger partial charge in [-0.15, -0.1) is 0 Å². The van der Waals surface area contributed by atoms with Crippen molar-refractivity contribution in [2.24, 2.45) is 11.8 Å². The van der Waals surface area contributed by atoms with E-state index >= 15 is 0 Å². The van der Waals surface area contributed by atoms with Crippen LogP contribution in [0, 0.1) is 11.8 Å². The molecule has 0 aliphatic heterocycles. The first-order chi connectivity index (χ1) is 7.99. The normalized spacial score (nSPS) is 12.6. The molecule has 94 valence electrons. The van der Waals surface area contributed by atoms with E-state index in [4.69, 9.17) is 10.2 Å². The molecule has 1 rings (SSSR count). The van der Waals surface area contributed by atoms with E-state index in [-0.39, 0.29) is 11.7 Å². The first-order valence-electron chi connectivity index (χ1n) is 5.99. The van der Waals surface area contributed by atoms with Crippen molar-refractivity contribution in [1.29, 1.82) is 0 Å². The molecule has 1 aromatic carbocycles. The van der Waals surface area contributed by atoms with Gasteiger partial charge in [-0.05, 0) is 42.9 Å². The Balaban J connectivity index is 2.51. The molecule has 0 aromatic heterocycles. The minimum Gasteiger partial charge on any atom is -0.508 e. The zero-order valence-electron chi connectivity index (χ0n) is 10.4. The van der Waals surface area contributed by atoms with Crippen molar-refractivity contribution in [3.8, 4) is 5.75 Å². The Morgan fingerprint density at radius 3 is 2.29 bits per heavy atom. The van der Waals surface area contributed by atoms with Gasteiger partial charge >= 0.3 is 5.97 Å². The minimum absolute atomic E-state index is 0.241. The molecule has 0 aliphatic carbocycles. The third kappa shape index (κ3) is 4.89. The highest BCUT2D eigenvalue weighted by molar-refractivity contribution is 5.69. The van der Waals surface area contributed by atoms with Gasteiger partial charge in [0.05, 0.1) is 5.92 Å². The second kappa shape index (κ2) is 6.28. The third-order valence-electron chi connectivity index (χ3n) is 2.82. The maximum absolute atomic E-state index is 11.1. The number of benzene rings is 1. The molecule has 2 N–H and O–H groups in total. The van der Waals surface area contributed by atoms with Crippen molar-refractivity contribution in [3.63, 3.8) is 0 Å². The molecule has 0 amide bonds. The first kappa shape index (κ1) is 13.6. The van der Waals surface area contributed by atoms with Gasteiger partial charge in [-0.25, -0.2) is 0 Å². The molecule has 0 spiro atoms. The molecule has 0 saturated carbocycles. The van der Waals surface area contributed by atoms with Gasteiger partial charge in [0.25, 0.3) is 0 Å². The number of phenols is 1. The largest absolute Gasteiger partial charge is 0.508 e. The lowest BCUT2D eigenvalue weighted by molar-refractivity contribution is -0.142. The van der Waals surface area contributed by atoms with Crippen molar-refractivity contribution in [2.75, 3.05) is 0 Å². The number of aliphatic carboxylic acids is 1. The molecule has 0 heterocycles. The molecule has 1 unspecified atom stereocenters. The van der Waals surface area contributed by atoms with Gasteiger partial charge in [0.15, 0.2) is 0 Å². The van der Waals surface area contributed by atoms with Crippen molar-refractivity contribution in [3.05, 3.63) is 29.8 Å². The third-order valence-corrected chi connectivity index (χ3v) is 2.82. The number of rotatable bonds is 6. The Labute approximate surface area is 102 Å². The summed E-state index contributed by atoms with van der Waals surface area (Å²) in [5, 5.41) is 18.3. The van der Waals surface area contributed by atoms with Crippen LogP contribution >= 0.6 is 0 Å². The summed E-state index contributed by atoms with van der Waals surface area (Å²) >= 11 is 0. The molecule has 17 heavy (non-hydrogen) atoms. The van der Waals surface area contributed by atoms with Gasteiger partial charge < -0.3 is 10.2 Å². The highest BCUT2D eigenvalue weighted by Crippen LogP contribution is 2.19. The SMILES string of the molecule is CC(C)CC(CCc1ccc(O)cc1)C(=O)O. The van der Waals surface area contributed by atoms with Gasteiger partial charge in [0.1, 0.15) is 5.75 Å². The highest BCUT2D eigenvalue weighted by atomic mass is 16.4. The maximum Gasteiger partial charge on any atom is 0.306 e. The lowest BCUT2D eigenvalue weighted by Crippen LogP contribution is -2.16. The predicted molar refractivity (Wildman–Crippen MR) is 67.0 cm³/mol. The quantitative estimate of drug-likeness (QED) is 0.798. The number of carboxylic acid groups (broad SMARTS) is 1. The smallest absolute Gasteiger partial charge is 0.306 e. The van der Waals surface area contributed by atoms with Gasteiger partial charge in [0, 0.05) is 0 Å². The van der Waals surface area contributed by atoms with Crippen molar-refractivity contribution in [1.82, 2.24) is 0 Å². The summed E-state index contributed by atoms with van der Waals surface area (Å²) in [4.78, 5) is 11.1. The Morgan fingerprint density at radius 1 is 1.24 bits per heavy atom. The summed E-state index contributed by atoms with van der Waals surface area (Å²) in [7, 11) is 0. The number of phenolic OH excluding ortho intramolecular Hbond substituents is 1. The predicted octanol–water partition coefficient (Wildman–Crippen LogP) is 3.07. The number of hydrogen-bond donors (Lipinski definition) is 2. The number of carbonyl (C=O) groups is 1. The van der Waals surface area contributed by atoms with Crippen LogP contribution in [0.4, 0.5) is 0 Å². The summed E-state index contributed by atoms with van der Waals surface area (Å²) in [5.74, 6) is -0.345. The Kier molecular flexibility index (Phi) is 5.01. The van der Waals surface area contributed by atoms with Crippen LogP contribution in [-0.2, 0) is 11.2 Å². The number of aryl methyl sites for hydroxylation is 1. The standard InChI is InChI=1S/C14H20O3/c1-10(2)9-12(14(16)17)6-3-11-4-7-13(15)8-5-11/h4-5,7-8,10,12,15H,3,6,9H2,1-2H3,(H,16,17). The van der Waals surface area contributed by atoms with Crippen LogP contribution in [0.25, 0.3) is 0 Å². The van der Waals surface area contributed by atoms with E-state index in [1.54, 1.807) is 12.1 Å². The Hall–Kier alpha value is -1.51. The summed E-state index contributed by atoms with van der Waals surface area (Å²) in [6, 6.07) is 6.94. The average molecular weight is 236 g/mol. The monoisotopic (exact) mass is 236 g/mol. The van der Waals surface area contributed by atoms with Gasteiger partial charge in [-0.1, -0.05) is 26.0 Å². The second-order valence-corrected chi connectivity index (χ2v) is 4.87. The van der Waals surface area contributed by atoms with E-state index in [0.717, 1.165) is 12.0 Å². The maximum atomic E-state index is 11.1. The van der Waals surface area contributed by atoms with Crippen molar-refractivity contribution >= 4 is 5.97 Å². The van der Waals surface area contributed by atoms with E-state index < -0.39 is 5.97 Å². The van der Waals surface area contributed by atoms with Crippen molar-refractivity contribution in [2.45, 2.75) is 33.1 Å². The molecule has 0 saturated heterocycles. The lowest BCUT2D eigenvalue weighted by Gasteiger charge is -2.14. The molecule has 0 bridgehead atoms. The van der Waals surface area contributed by atoms with Crippen LogP contribution in [0.5, 0.6) is 5.75 Å². The van der Waals surface area contributed by atoms with Crippen LogP contribution in [0.3, 0.4) is 0 Å². The molecular formula is C14H20O3. The minimum atomic E-state index is -0.711. The fourth-order valence-electron chi connectivity index (χ4n) is 1.91. The first-order valence-corrected chi connectivity index (χ1v) is 5.99. The Morgan fingerprint density at radius 2 is 1.82 bits per heavy atom. The number of aromatic hydroxyl groups is 1. The van der Waals surface area contributed by atoms with Gasteiger partial charge in [-0.3, -0.25) is 4.79 Å². The fourth-order valence-corrected chi connectivity index (χ4v) is 1.91. The summed E-state index contributed by atoms with van der Waals surface area (Å²) in [6.45, 7) is 4.08. The molecule has 1 aromatic rings. The molecule has 0 fully saturated rings. The topological polar surface area (TPSA) is 57.5 Å². The van der Waals surface area contributed by atoms with E-state index in [2.05, 4.69) is 0 Å². The highest BCUT2D eigenvalue weighted by Gasteiger charge is 2.18. The van der Waals surface area contributed by atoms with Crippen LogP contribution in [-0.4, -0.2) is 16.2 Å². The number of carboxylic acids is 1. The summed E-state index contributed by atoms with van der Waals surface area (Å²) in [6.07, 6.45) is 2.11. The molecule has 3 heteroatoms. The van der Waals surface area contributed by atoms with Crippen LogP contribution in [0.15, 0.2) is 24.3 Å². The van der Waals surface area contributed by atoms with E-state index in [1.807, 2.05) is 26.0 Å². The molecule has 1 atom stereocenters. The summed E-state index contributed by atoms with van der Waals surface area (Å²) < 4.78 is 0. The molecule has 0 aliphatic rings. The van der Waals surface area contributed by atoms with E-state index in [1.165, 1.54) is 0 Å². The average Bonchev–Trinajstić information content (AvgIpc) is 2.25. The van der Waals surface area contributed by atoms with E-state index in [9.17, 15) is 4.79 Å². The lowest BCUT2D eigenvalue weighted by atomic mass is 9.91. The van der Waals surface area contributed by atoms with Crippen molar-refractivity contribution < 1.29 is 15.0 Å². The Bertz CT molecular complexity index is 354. The second-order valence-electron chi connectivity index (χ2n) is 4.87. The van der Waals surface area contributed by atoms with Crippen LogP contribution < -0.4 is 0 Å². The fraction of sp³-hybridized carbons (Fsp3) is 0.500. The molecule has 3 nitrogen and oxygen atoms in total. The zero-order valence-corrected chi connectivity index (χ0v) is 10.4. The number of hydrogen-bond acceptors (Lipinski definition) is 2. The summed E-state index contributed by atoms with van der Waals surface area (Å²) in [5.41, 5.74) is 1.07. The van der Waals surface area contributed by atoms with Crippen LogP contribution in [0.2, 0.25) is 0 Å². The zero-order chi connectivity index (χ0) is 12.8. The van der Waals surface area contributed by atoms with E-state index in [0.29, 0.717) is 18.8 Å². The molecular weight excluding hydrogens is 216 g/mol. The van der Waals surface area contributed by atoms with Crippen LogP contribution in [0.1, 0.15) is 32.3 Å².